The van der Waals surface area contributed by atoms with Crippen molar-refractivity contribution in [3.8, 4) is 0 Å². The van der Waals surface area contributed by atoms with Gasteiger partial charge in [-0.1, -0.05) is 38.1 Å². The van der Waals surface area contributed by atoms with Gasteiger partial charge in [0.1, 0.15) is 17.7 Å². The molecule has 156 valence electrons. The van der Waals surface area contributed by atoms with Crippen LogP contribution < -0.4 is 10.0 Å². The number of benzene rings is 2. The van der Waals surface area contributed by atoms with Crippen LogP contribution in [0.1, 0.15) is 31.7 Å². The maximum Gasteiger partial charge on any atom is 0.263 e. The number of carbonyl (C=O) groups excluding carboxylic acids is 1. The van der Waals surface area contributed by atoms with Crippen LogP contribution in [0.15, 0.2) is 58.4 Å². The van der Waals surface area contributed by atoms with Gasteiger partial charge in [-0.2, -0.15) is 0 Å². The van der Waals surface area contributed by atoms with E-state index in [4.69, 9.17) is 0 Å². The fourth-order valence-corrected chi connectivity index (χ4v) is 4.67. The molecular weight excluding hydrogens is 402 g/mol. The summed E-state index contributed by atoms with van der Waals surface area (Å²) >= 11 is 0. The molecule has 1 amide bonds. The molecule has 4 rings (SSSR count). The molecule has 0 saturated carbocycles. The van der Waals surface area contributed by atoms with Gasteiger partial charge < -0.3 is 10.3 Å². The first-order valence-electron chi connectivity index (χ1n) is 9.75. The van der Waals surface area contributed by atoms with Crippen LogP contribution in [0.4, 0.5) is 0 Å². The van der Waals surface area contributed by atoms with E-state index in [0.717, 1.165) is 11.0 Å². The van der Waals surface area contributed by atoms with Crippen molar-refractivity contribution in [3.05, 3.63) is 59.9 Å². The summed E-state index contributed by atoms with van der Waals surface area (Å²) in [6.45, 7) is 4.22. The summed E-state index contributed by atoms with van der Waals surface area (Å²) in [4.78, 5) is 25.2. The number of fused-ring (bicyclic) bond motifs is 2. The number of amides is 1. The number of H-pyrrole nitrogens is 1. The van der Waals surface area contributed by atoms with Crippen LogP contribution in [0.3, 0.4) is 0 Å². The van der Waals surface area contributed by atoms with Crippen LogP contribution in [0.25, 0.3) is 11.0 Å². The Hall–Kier alpha value is -3.20. The summed E-state index contributed by atoms with van der Waals surface area (Å²) in [5.74, 6) is 0.771. The topological polar surface area (TPSA) is 116 Å². The number of nitrogens with one attached hydrogen (secondary N) is 3. The molecule has 0 radical (unpaired) electrons. The predicted molar refractivity (Wildman–Crippen MR) is 114 cm³/mol. The van der Waals surface area contributed by atoms with Gasteiger partial charge in [0.2, 0.25) is 5.91 Å². The smallest absolute Gasteiger partial charge is 0.263 e. The number of hydrogen-bond donors (Lipinski definition) is 3. The summed E-state index contributed by atoms with van der Waals surface area (Å²) in [7, 11) is -3.65. The maximum absolute atomic E-state index is 12.9. The quantitative estimate of drug-likeness (QED) is 0.562. The molecule has 1 unspecified atom stereocenters. The third-order valence-electron chi connectivity index (χ3n) is 4.81. The molecule has 1 aliphatic heterocycles. The zero-order valence-corrected chi connectivity index (χ0v) is 17.5. The van der Waals surface area contributed by atoms with Gasteiger partial charge in [0.15, 0.2) is 0 Å². The average Bonchev–Trinajstić information content (AvgIpc) is 3.24. The van der Waals surface area contributed by atoms with Gasteiger partial charge in [-0.05, 0) is 36.6 Å². The molecular formula is C21H23N5O3S. The second-order valence-electron chi connectivity index (χ2n) is 7.64. The number of amidine groups is 1. The second-order valence-corrected chi connectivity index (χ2v) is 9.29. The molecule has 2 heterocycles. The zero-order chi connectivity index (χ0) is 21.3. The average molecular weight is 426 g/mol. The molecule has 0 saturated heterocycles. The number of rotatable bonds is 6. The van der Waals surface area contributed by atoms with E-state index < -0.39 is 16.1 Å². The highest BCUT2D eigenvalue weighted by Gasteiger charge is 2.32. The molecule has 0 bridgehead atoms. The molecule has 2 aromatic carbocycles. The Morgan fingerprint density at radius 3 is 2.63 bits per heavy atom. The highest BCUT2D eigenvalue weighted by molar-refractivity contribution is 7.90. The Balaban J connectivity index is 1.55. The highest BCUT2D eigenvalue weighted by Crippen LogP contribution is 2.23. The Labute approximate surface area is 174 Å². The Morgan fingerprint density at radius 1 is 1.13 bits per heavy atom. The van der Waals surface area contributed by atoms with Crippen molar-refractivity contribution < 1.29 is 13.2 Å². The minimum Gasteiger partial charge on any atom is -0.347 e. The lowest BCUT2D eigenvalue weighted by molar-refractivity contribution is -0.122. The van der Waals surface area contributed by atoms with Crippen molar-refractivity contribution in [1.29, 1.82) is 0 Å². The van der Waals surface area contributed by atoms with E-state index in [2.05, 4.69) is 25.0 Å². The molecule has 9 heteroatoms. The minimum absolute atomic E-state index is 0.176. The standard InChI is InChI=1S/C21H23N5O3S/c1-13(2)11-17(25-20-14-7-3-6-10-18(14)30(28,29)26-20)21(27)22-12-19-23-15-8-4-5-9-16(15)24-19/h3-10,13,17H,11-12H2,1-2H3,(H,22,27)(H,23,24)(H,25,26). The van der Waals surface area contributed by atoms with E-state index in [1.165, 1.54) is 6.07 Å². The SMILES string of the molecule is CC(C)CC(N=C1NS(=O)(=O)c2ccccc21)C(=O)NCc1nc2ccccc2[nH]1. The van der Waals surface area contributed by atoms with E-state index in [9.17, 15) is 13.2 Å². The summed E-state index contributed by atoms with van der Waals surface area (Å²) in [6.07, 6.45) is 0.485. The fourth-order valence-electron chi connectivity index (χ4n) is 3.43. The number of carbonyl (C=O) groups is 1. The van der Waals surface area contributed by atoms with Gasteiger partial charge in [0, 0.05) is 5.56 Å². The van der Waals surface area contributed by atoms with Crippen molar-refractivity contribution in [2.75, 3.05) is 0 Å². The molecule has 1 atom stereocenters. The van der Waals surface area contributed by atoms with Crippen molar-refractivity contribution >= 4 is 32.8 Å². The summed E-state index contributed by atoms with van der Waals surface area (Å²) < 4.78 is 27.1. The molecule has 0 fully saturated rings. The van der Waals surface area contributed by atoms with Crippen LogP contribution >= 0.6 is 0 Å². The fraction of sp³-hybridized carbons (Fsp3) is 0.286. The predicted octanol–water partition coefficient (Wildman–Crippen LogP) is 2.33. The molecule has 30 heavy (non-hydrogen) atoms. The van der Waals surface area contributed by atoms with Crippen molar-refractivity contribution in [1.82, 2.24) is 20.0 Å². The minimum atomic E-state index is -3.65. The highest BCUT2D eigenvalue weighted by atomic mass is 32.2. The van der Waals surface area contributed by atoms with E-state index in [-0.39, 0.29) is 29.1 Å². The molecule has 8 nitrogen and oxygen atoms in total. The van der Waals surface area contributed by atoms with Crippen LogP contribution in [0, 0.1) is 5.92 Å². The normalized spacial score (nSPS) is 17.1. The number of aliphatic imine (C=N–C) groups is 1. The van der Waals surface area contributed by atoms with Crippen molar-refractivity contribution in [2.24, 2.45) is 10.9 Å². The van der Waals surface area contributed by atoms with E-state index in [1.54, 1.807) is 18.2 Å². The van der Waals surface area contributed by atoms with Gasteiger partial charge in [-0.25, -0.2) is 13.4 Å². The monoisotopic (exact) mass is 425 g/mol. The van der Waals surface area contributed by atoms with Crippen molar-refractivity contribution in [2.45, 2.75) is 37.8 Å². The largest absolute Gasteiger partial charge is 0.347 e. The van der Waals surface area contributed by atoms with Crippen LogP contribution in [-0.4, -0.2) is 36.2 Å². The molecule has 0 aliphatic carbocycles. The van der Waals surface area contributed by atoms with Gasteiger partial charge >= 0.3 is 0 Å². The van der Waals surface area contributed by atoms with Gasteiger partial charge in [0.25, 0.3) is 10.0 Å². The summed E-state index contributed by atoms with van der Waals surface area (Å²) in [5.41, 5.74) is 2.21. The van der Waals surface area contributed by atoms with E-state index in [0.29, 0.717) is 17.8 Å². The lowest BCUT2D eigenvalue weighted by Gasteiger charge is -2.15. The lowest BCUT2D eigenvalue weighted by Crippen LogP contribution is -2.36. The number of hydrogen-bond acceptors (Lipinski definition) is 5. The second kappa shape index (κ2) is 7.91. The first-order chi connectivity index (χ1) is 14.3. The molecule has 1 aromatic heterocycles. The zero-order valence-electron chi connectivity index (χ0n) is 16.7. The first kappa shape index (κ1) is 20.1. The summed E-state index contributed by atoms with van der Waals surface area (Å²) in [6, 6.07) is 13.5. The summed E-state index contributed by atoms with van der Waals surface area (Å²) in [5, 5.41) is 2.87. The number of aromatic nitrogens is 2. The molecule has 1 aliphatic rings. The third-order valence-corrected chi connectivity index (χ3v) is 6.21. The van der Waals surface area contributed by atoms with Crippen LogP contribution in [0.5, 0.6) is 0 Å². The Morgan fingerprint density at radius 2 is 1.87 bits per heavy atom. The number of nitrogens with zero attached hydrogens (tertiary/aromatic N) is 2. The molecule has 3 N–H and O–H groups in total. The van der Waals surface area contributed by atoms with E-state index in [1.807, 2.05) is 38.1 Å². The number of sulfonamides is 1. The van der Waals surface area contributed by atoms with Crippen LogP contribution in [-0.2, 0) is 21.4 Å². The van der Waals surface area contributed by atoms with Crippen LogP contribution in [0.2, 0.25) is 0 Å². The Kier molecular flexibility index (Phi) is 5.29. The lowest BCUT2D eigenvalue weighted by atomic mass is 10.0. The van der Waals surface area contributed by atoms with Gasteiger partial charge in [0.05, 0.1) is 22.5 Å². The van der Waals surface area contributed by atoms with Gasteiger partial charge in [-0.3, -0.25) is 14.5 Å². The molecule has 3 aromatic rings. The van der Waals surface area contributed by atoms with Gasteiger partial charge in [-0.15, -0.1) is 0 Å². The van der Waals surface area contributed by atoms with Crippen molar-refractivity contribution in [3.63, 3.8) is 0 Å². The number of imidazole rings is 1. The Bertz CT molecular complexity index is 1200. The maximum atomic E-state index is 12.9. The third kappa shape index (κ3) is 4.06. The number of para-hydroxylation sites is 2. The molecule has 0 spiro atoms. The van der Waals surface area contributed by atoms with E-state index >= 15 is 0 Å². The number of aromatic amines is 1. The first-order valence-corrected chi connectivity index (χ1v) is 11.2.